The van der Waals surface area contributed by atoms with Crippen molar-refractivity contribution < 1.29 is 18.3 Å². The number of hydrogen-bond acceptors (Lipinski definition) is 7. The Morgan fingerprint density at radius 3 is 2.86 bits per heavy atom. The standard InChI is InChI=1S/C12H10F2N6O2/c1-21-9-3-2-8(4-10(9)22-12(13)14)16-6-7(5-15)11-17-19-20-18-11/h2-4,6,12,16H,1H3,(H,17,18,19,20). The summed E-state index contributed by atoms with van der Waals surface area (Å²) in [5.74, 6) is 0.134. The SMILES string of the molecule is COc1ccc(NC=C(C#N)c2nn[nH]n2)cc1OC(F)F. The Hall–Kier alpha value is -3.22. The van der Waals surface area contributed by atoms with Crippen LogP contribution in [-0.2, 0) is 0 Å². The zero-order chi connectivity index (χ0) is 15.9. The molecule has 1 aromatic heterocycles. The molecule has 0 aliphatic carbocycles. The summed E-state index contributed by atoms with van der Waals surface area (Å²) in [5.41, 5.74) is 0.522. The normalized spacial score (nSPS) is 11.1. The summed E-state index contributed by atoms with van der Waals surface area (Å²) >= 11 is 0. The second-order valence-corrected chi connectivity index (χ2v) is 3.79. The van der Waals surface area contributed by atoms with E-state index in [-0.39, 0.29) is 22.9 Å². The third kappa shape index (κ3) is 3.66. The zero-order valence-electron chi connectivity index (χ0n) is 11.2. The minimum Gasteiger partial charge on any atom is -0.493 e. The molecule has 1 aromatic carbocycles. The predicted molar refractivity (Wildman–Crippen MR) is 71.0 cm³/mol. The van der Waals surface area contributed by atoms with Crippen molar-refractivity contribution in [2.75, 3.05) is 12.4 Å². The van der Waals surface area contributed by atoms with E-state index < -0.39 is 6.61 Å². The van der Waals surface area contributed by atoms with Crippen LogP contribution in [0, 0.1) is 11.3 Å². The van der Waals surface area contributed by atoms with Crippen LogP contribution in [0.3, 0.4) is 0 Å². The van der Waals surface area contributed by atoms with E-state index in [0.29, 0.717) is 5.69 Å². The molecule has 0 spiro atoms. The van der Waals surface area contributed by atoms with Gasteiger partial charge in [-0.3, -0.25) is 0 Å². The Morgan fingerprint density at radius 2 is 2.27 bits per heavy atom. The van der Waals surface area contributed by atoms with Crippen molar-refractivity contribution in [2.24, 2.45) is 0 Å². The highest BCUT2D eigenvalue weighted by Crippen LogP contribution is 2.31. The Labute approximate surface area is 123 Å². The molecule has 8 nitrogen and oxygen atoms in total. The van der Waals surface area contributed by atoms with Crippen LogP contribution in [0.4, 0.5) is 14.5 Å². The predicted octanol–water partition coefficient (Wildman–Crippen LogP) is 1.79. The summed E-state index contributed by atoms with van der Waals surface area (Å²) in [6.07, 6.45) is 1.32. The van der Waals surface area contributed by atoms with Crippen LogP contribution < -0.4 is 14.8 Å². The molecule has 1 heterocycles. The number of tetrazole rings is 1. The van der Waals surface area contributed by atoms with Crippen LogP contribution in [-0.4, -0.2) is 34.3 Å². The first kappa shape index (κ1) is 15.2. The second kappa shape index (κ2) is 6.98. The molecule has 114 valence electrons. The van der Waals surface area contributed by atoms with Crippen molar-refractivity contribution in [3.63, 3.8) is 0 Å². The number of H-pyrrole nitrogens is 1. The fraction of sp³-hybridized carbons (Fsp3) is 0.167. The summed E-state index contributed by atoms with van der Waals surface area (Å²) in [5, 5.41) is 24.7. The van der Waals surface area contributed by atoms with Crippen molar-refractivity contribution in [2.45, 2.75) is 6.61 Å². The Bertz CT molecular complexity index is 696. The fourth-order valence-electron chi connectivity index (χ4n) is 1.53. The van der Waals surface area contributed by atoms with Gasteiger partial charge in [0, 0.05) is 18.0 Å². The van der Waals surface area contributed by atoms with E-state index in [1.807, 2.05) is 6.07 Å². The Balaban J connectivity index is 2.21. The number of benzene rings is 1. The third-order valence-corrected chi connectivity index (χ3v) is 2.47. The van der Waals surface area contributed by atoms with Crippen molar-refractivity contribution in [3.8, 4) is 17.6 Å². The molecule has 0 unspecified atom stereocenters. The van der Waals surface area contributed by atoms with Gasteiger partial charge in [-0.2, -0.15) is 19.3 Å². The molecule has 0 aliphatic rings. The number of ether oxygens (including phenoxy) is 2. The van der Waals surface area contributed by atoms with E-state index in [9.17, 15) is 8.78 Å². The smallest absolute Gasteiger partial charge is 0.387 e. The molecule has 0 saturated carbocycles. The quantitative estimate of drug-likeness (QED) is 0.783. The molecule has 0 amide bonds. The Morgan fingerprint density at radius 1 is 1.45 bits per heavy atom. The van der Waals surface area contributed by atoms with Gasteiger partial charge in [0.05, 0.1) is 7.11 Å². The zero-order valence-corrected chi connectivity index (χ0v) is 11.2. The molecular weight excluding hydrogens is 298 g/mol. The number of halogens is 2. The molecule has 0 atom stereocenters. The summed E-state index contributed by atoms with van der Waals surface area (Å²) in [6.45, 7) is -2.98. The van der Waals surface area contributed by atoms with Crippen LogP contribution in [0.15, 0.2) is 24.4 Å². The average Bonchev–Trinajstić information content (AvgIpc) is 3.02. The second-order valence-electron chi connectivity index (χ2n) is 3.79. The van der Waals surface area contributed by atoms with E-state index in [1.54, 1.807) is 6.07 Å². The molecule has 2 aromatic rings. The van der Waals surface area contributed by atoms with Gasteiger partial charge in [-0.1, -0.05) is 0 Å². The van der Waals surface area contributed by atoms with Gasteiger partial charge in [-0.25, -0.2) is 0 Å². The van der Waals surface area contributed by atoms with Crippen molar-refractivity contribution in [1.82, 2.24) is 20.6 Å². The number of alkyl halides is 2. The van der Waals surface area contributed by atoms with Gasteiger partial charge in [0.1, 0.15) is 11.6 Å². The number of rotatable bonds is 6. The maximum Gasteiger partial charge on any atom is 0.387 e. The number of aromatic amines is 1. The first-order chi connectivity index (χ1) is 10.6. The van der Waals surface area contributed by atoms with Gasteiger partial charge in [0.2, 0.25) is 5.82 Å². The summed E-state index contributed by atoms with van der Waals surface area (Å²) in [7, 11) is 1.34. The van der Waals surface area contributed by atoms with Crippen LogP contribution in [0.1, 0.15) is 5.82 Å². The number of nitriles is 1. The number of methoxy groups -OCH3 is 1. The molecular formula is C12H10F2N6O2. The molecule has 10 heteroatoms. The molecule has 2 rings (SSSR count). The lowest BCUT2D eigenvalue weighted by atomic mass is 10.2. The topological polar surface area (TPSA) is 109 Å². The van der Waals surface area contributed by atoms with Gasteiger partial charge in [0.15, 0.2) is 11.5 Å². The first-order valence-electron chi connectivity index (χ1n) is 5.87. The summed E-state index contributed by atoms with van der Waals surface area (Å²) in [6, 6.07) is 6.21. The van der Waals surface area contributed by atoms with Crippen molar-refractivity contribution in [1.29, 1.82) is 5.26 Å². The average molecular weight is 308 g/mol. The fourth-order valence-corrected chi connectivity index (χ4v) is 1.53. The number of hydrogen-bond donors (Lipinski definition) is 2. The maximum atomic E-state index is 12.3. The lowest BCUT2D eigenvalue weighted by Gasteiger charge is -2.11. The van der Waals surface area contributed by atoms with E-state index in [4.69, 9.17) is 10.00 Å². The van der Waals surface area contributed by atoms with Gasteiger partial charge in [-0.15, -0.1) is 10.2 Å². The van der Waals surface area contributed by atoms with Crippen LogP contribution in [0.2, 0.25) is 0 Å². The molecule has 2 N–H and O–H groups in total. The molecule has 0 fully saturated rings. The molecule has 0 aliphatic heterocycles. The lowest BCUT2D eigenvalue weighted by molar-refractivity contribution is -0.0511. The number of aromatic nitrogens is 4. The number of anilines is 1. The Kier molecular flexibility index (Phi) is 4.81. The third-order valence-electron chi connectivity index (χ3n) is 2.47. The van der Waals surface area contributed by atoms with E-state index in [1.165, 1.54) is 25.4 Å². The van der Waals surface area contributed by atoms with Crippen LogP contribution in [0.25, 0.3) is 5.57 Å². The van der Waals surface area contributed by atoms with E-state index in [0.717, 1.165) is 0 Å². The molecule has 22 heavy (non-hydrogen) atoms. The van der Waals surface area contributed by atoms with E-state index >= 15 is 0 Å². The summed E-state index contributed by atoms with van der Waals surface area (Å²) in [4.78, 5) is 0. The van der Waals surface area contributed by atoms with Crippen molar-refractivity contribution in [3.05, 3.63) is 30.2 Å². The lowest BCUT2D eigenvalue weighted by Crippen LogP contribution is -2.04. The van der Waals surface area contributed by atoms with Gasteiger partial charge < -0.3 is 14.8 Å². The first-order valence-corrected chi connectivity index (χ1v) is 5.87. The molecule has 0 saturated heterocycles. The molecule has 0 radical (unpaired) electrons. The van der Waals surface area contributed by atoms with Crippen LogP contribution >= 0.6 is 0 Å². The highest BCUT2D eigenvalue weighted by atomic mass is 19.3. The highest BCUT2D eigenvalue weighted by molar-refractivity contribution is 5.74. The minimum atomic E-state index is -2.98. The van der Waals surface area contributed by atoms with Crippen LogP contribution in [0.5, 0.6) is 11.5 Å². The monoisotopic (exact) mass is 308 g/mol. The van der Waals surface area contributed by atoms with Gasteiger partial charge in [-0.05, 0) is 17.3 Å². The largest absolute Gasteiger partial charge is 0.493 e. The van der Waals surface area contributed by atoms with E-state index in [2.05, 4.69) is 30.7 Å². The van der Waals surface area contributed by atoms with Gasteiger partial charge >= 0.3 is 6.61 Å². The number of nitrogens with one attached hydrogen (secondary N) is 2. The molecule has 0 bridgehead atoms. The van der Waals surface area contributed by atoms with Gasteiger partial charge in [0.25, 0.3) is 0 Å². The number of allylic oxidation sites excluding steroid dienone is 1. The van der Waals surface area contributed by atoms with Crippen molar-refractivity contribution >= 4 is 11.3 Å². The number of nitrogens with zero attached hydrogens (tertiary/aromatic N) is 4. The minimum absolute atomic E-state index is 0.104. The maximum absolute atomic E-state index is 12.3. The highest BCUT2D eigenvalue weighted by Gasteiger charge is 2.11. The summed E-state index contributed by atoms with van der Waals surface area (Å²) < 4.78 is 34.0.